The van der Waals surface area contributed by atoms with Gasteiger partial charge >= 0.3 is 0 Å². The lowest BCUT2D eigenvalue weighted by Gasteiger charge is -2.22. The summed E-state index contributed by atoms with van der Waals surface area (Å²) in [6.45, 7) is 1.99. The van der Waals surface area contributed by atoms with Crippen molar-refractivity contribution < 1.29 is 9.47 Å². The fraction of sp³-hybridized carbons (Fsp3) is 0.500. The Morgan fingerprint density at radius 3 is 2.50 bits per heavy atom. The summed E-state index contributed by atoms with van der Waals surface area (Å²) in [5, 5.41) is 0. The van der Waals surface area contributed by atoms with E-state index in [1.807, 2.05) is 13.0 Å². The topological polar surface area (TPSA) is 57.4 Å². The molecule has 0 aliphatic carbocycles. The lowest BCUT2D eigenvalue weighted by molar-refractivity contribution is -0.117. The molecule has 1 heterocycles. The molecule has 2 N–H and O–H groups in total. The van der Waals surface area contributed by atoms with Crippen LogP contribution in [-0.4, -0.2) is 25.5 Å². The van der Waals surface area contributed by atoms with Crippen LogP contribution in [0.25, 0.3) is 0 Å². The second-order valence-electron chi connectivity index (χ2n) is 3.10. The highest BCUT2D eigenvalue weighted by atomic mass is 16.7. The zero-order chi connectivity index (χ0) is 10.6. The monoisotopic (exact) mass is 196 g/mol. The Balaban J connectivity index is 2.88. The van der Waals surface area contributed by atoms with Gasteiger partial charge in [-0.15, -0.1) is 0 Å². The van der Waals surface area contributed by atoms with Crippen LogP contribution in [0.5, 0.6) is 0 Å². The van der Waals surface area contributed by atoms with Gasteiger partial charge in [-0.25, -0.2) is 0 Å². The average Bonchev–Trinajstić information content (AvgIpc) is 2.20. The van der Waals surface area contributed by atoms with Crippen LogP contribution in [0.1, 0.15) is 17.2 Å². The van der Waals surface area contributed by atoms with E-state index in [4.69, 9.17) is 15.2 Å². The average molecular weight is 196 g/mol. The molecule has 1 aromatic rings. The summed E-state index contributed by atoms with van der Waals surface area (Å²) in [6.07, 6.45) is 3.04. The largest absolute Gasteiger partial charge is 0.354 e. The highest BCUT2D eigenvalue weighted by Crippen LogP contribution is 2.19. The van der Waals surface area contributed by atoms with Crippen LogP contribution < -0.4 is 5.73 Å². The number of ether oxygens (including phenoxy) is 2. The van der Waals surface area contributed by atoms with Gasteiger partial charge in [0.2, 0.25) is 0 Å². The Bertz CT molecular complexity index is 287. The van der Waals surface area contributed by atoms with E-state index in [2.05, 4.69) is 4.98 Å². The Labute approximate surface area is 84.0 Å². The molecule has 0 radical (unpaired) electrons. The SMILES string of the molecule is COC(OC)C(N)c1cnccc1C. The van der Waals surface area contributed by atoms with Crippen molar-refractivity contribution in [2.75, 3.05) is 14.2 Å². The number of hydrogen-bond donors (Lipinski definition) is 1. The first-order valence-electron chi connectivity index (χ1n) is 4.42. The molecule has 0 aliphatic heterocycles. The van der Waals surface area contributed by atoms with Crippen molar-refractivity contribution in [1.82, 2.24) is 4.98 Å². The van der Waals surface area contributed by atoms with Crippen molar-refractivity contribution in [1.29, 1.82) is 0 Å². The summed E-state index contributed by atoms with van der Waals surface area (Å²) in [7, 11) is 3.14. The van der Waals surface area contributed by atoms with Crippen LogP contribution in [-0.2, 0) is 9.47 Å². The van der Waals surface area contributed by atoms with Gasteiger partial charge in [-0.2, -0.15) is 0 Å². The van der Waals surface area contributed by atoms with E-state index in [0.717, 1.165) is 11.1 Å². The molecule has 0 saturated heterocycles. The maximum Gasteiger partial charge on any atom is 0.176 e. The molecule has 1 unspecified atom stereocenters. The molecule has 1 aromatic heterocycles. The third kappa shape index (κ3) is 2.29. The first-order chi connectivity index (χ1) is 6.70. The molecule has 0 aliphatic rings. The van der Waals surface area contributed by atoms with E-state index in [9.17, 15) is 0 Å². The van der Waals surface area contributed by atoms with Crippen LogP contribution in [0.4, 0.5) is 0 Å². The van der Waals surface area contributed by atoms with Gasteiger partial charge in [-0.1, -0.05) is 0 Å². The van der Waals surface area contributed by atoms with Gasteiger partial charge in [0.05, 0.1) is 6.04 Å². The standard InChI is InChI=1S/C10H16N2O2/c1-7-4-5-12-6-8(7)9(11)10(13-2)14-3/h4-6,9-10H,11H2,1-3H3. The number of methoxy groups -OCH3 is 2. The van der Waals surface area contributed by atoms with Gasteiger partial charge in [-0.3, -0.25) is 4.98 Å². The van der Waals surface area contributed by atoms with Gasteiger partial charge in [0.1, 0.15) is 0 Å². The van der Waals surface area contributed by atoms with Crippen molar-refractivity contribution >= 4 is 0 Å². The highest BCUT2D eigenvalue weighted by molar-refractivity contribution is 5.25. The summed E-state index contributed by atoms with van der Waals surface area (Å²) in [5.74, 6) is 0. The van der Waals surface area contributed by atoms with Gasteiger partial charge in [-0.05, 0) is 24.1 Å². The third-order valence-corrected chi connectivity index (χ3v) is 2.20. The molecule has 78 valence electrons. The van der Waals surface area contributed by atoms with E-state index in [0.29, 0.717) is 0 Å². The van der Waals surface area contributed by atoms with Crippen LogP contribution in [0, 0.1) is 6.92 Å². The molecular weight excluding hydrogens is 180 g/mol. The Morgan fingerprint density at radius 1 is 1.36 bits per heavy atom. The summed E-state index contributed by atoms with van der Waals surface area (Å²) >= 11 is 0. The minimum atomic E-state index is -0.433. The molecule has 0 fully saturated rings. The third-order valence-electron chi connectivity index (χ3n) is 2.20. The van der Waals surface area contributed by atoms with E-state index >= 15 is 0 Å². The van der Waals surface area contributed by atoms with Crippen LogP contribution in [0.3, 0.4) is 0 Å². The van der Waals surface area contributed by atoms with Gasteiger partial charge in [0.25, 0.3) is 0 Å². The lowest BCUT2D eigenvalue weighted by atomic mass is 10.0. The first-order valence-corrected chi connectivity index (χ1v) is 4.42. The minimum absolute atomic E-state index is 0.307. The number of rotatable bonds is 4. The zero-order valence-corrected chi connectivity index (χ0v) is 8.73. The number of aryl methyl sites for hydroxylation is 1. The van der Waals surface area contributed by atoms with Gasteiger partial charge in [0.15, 0.2) is 6.29 Å². The summed E-state index contributed by atoms with van der Waals surface area (Å²) in [4.78, 5) is 4.03. The van der Waals surface area contributed by atoms with Crippen LogP contribution >= 0.6 is 0 Å². The second-order valence-corrected chi connectivity index (χ2v) is 3.10. The van der Waals surface area contributed by atoms with E-state index in [-0.39, 0.29) is 6.04 Å². The van der Waals surface area contributed by atoms with E-state index in [1.54, 1.807) is 26.6 Å². The van der Waals surface area contributed by atoms with E-state index in [1.165, 1.54) is 0 Å². The number of aromatic nitrogens is 1. The van der Waals surface area contributed by atoms with Crippen molar-refractivity contribution in [3.05, 3.63) is 29.6 Å². The predicted molar refractivity (Wildman–Crippen MR) is 53.7 cm³/mol. The summed E-state index contributed by atoms with van der Waals surface area (Å²) < 4.78 is 10.2. The fourth-order valence-electron chi connectivity index (χ4n) is 1.36. The molecule has 0 aromatic carbocycles. The Hall–Kier alpha value is -0.970. The molecule has 4 nitrogen and oxygen atoms in total. The number of hydrogen-bond acceptors (Lipinski definition) is 4. The maximum atomic E-state index is 5.97. The van der Waals surface area contributed by atoms with Crippen molar-refractivity contribution in [3.8, 4) is 0 Å². The number of nitrogens with two attached hydrogens (primary N) is 1. The zero-order valence-electron chi connectivity index (χ0n) is 8.73. The lowest BCUT2D eigenvalue weighted by Crippen LogP contribution is -2.30. The molecule has 1 rings (SSSR count). The number of nitrogens with zero attached hydrogens (tertiary/aromatic N) is 1. The molecule has 0 saturated carbocycles. The molecule has 0 amide bonds. The molecule has 0 bridgehead atoms. The quantitative estimate of drug-likeness (QED) is 0.730. The van der Waals surface area contributed by atoms with Crippen molar-refractivity contribution in [2.45, 2.75) is 19.3 Å². The summed E-state index contributed by atoms with van der Waals surface area (Å²) in [5.41, 5.74) is 8.01. The fourth-order valence-corrected chi connectivity index (χ4v) is 1.36. The van der Waals surface area contributed by atoms with Crippen molar-refractivity contribution in [2.24, 2.45) is 5.73 Å². The minimum Gasteiger partial charge on any atom is -0.354 e. The van der Waals surface area contributed by atoms with Gasteiger partial charge in [0, 0.05) is 26.6 Å². The Kier molecular flexibility index (Phi) is 4.00. The molecular formula is C10H16N2O2. The Morgan fingerprint density at radius 2 is 2.00 bits per heavy atom. The van der Waals surface area contributed by atoms with Crippen LogP contribution in [0.2, 0.25) is 0 Å². The second kappa shape index (κ2) is 5.05. The molecule has 1 atom stereocenters. The van der Waals surface area contributed by atoms with Crippen LogP contribution in [0.15, 0.2) is 18.5 Å². The molecule has 0 spiro atoms. The summed E-state index contributed by atoms with van der Waals surface area (Å²) in [6, 6.07) is 1.61. The maximum absolute atomic E-state index is 5.97. The van der Waals surface area contributed by atoms with Gasteiger partial charge < -0.3 is 15.2 Å². The molecule has 4 heteroatoms. The predicted octanol–water partition coefficient (Wildman–Crippen LogP) is 1.01. The first kappa shape index (κ1) is 11.1. The highest BCUT2D eigenvalue weighted by Gasteiger charge is 2.19. The number of pyridine rings is 1. The normalized spacial score (nSPS) is 13.2. The molecule has 14 heavy (non-hydrogen) atoms. The smallest absolute Gasteiger partial charge is 0.176 e. The van der Waals surface area contributed by atoms with E-state index < -0.39 is 6.29 Å². The van der Waals surface area contributed by atoms with Crippen molar-refractivity contribution in [3.63, 3.8) is 0 Å².